The van der Waals surface area contributed by atoms with Crippen molar-refractivity contribution in [3.63, 3.8) is 0 Å². The minimum absolute atomic E-state index is 0.0495. The van der Waals surface area contributed by atoms with Crippen LogP contribution in [0.3, 0.4) is 0 Å². The molecule has 1 aromatic heterocycles. The Bertz CT molecular complexity index is 844. The van der Waals surface area contributed by atoms with Gasteiger partial charge in [-0.3, -0.25) is 9.59 Å². The van der Waals surface area contributed by atoms with Crippen LogP contribution in [0.5, 0.6) is 5.88 Å². The standard InChI is InChI=1S/C21H29N5O3/c1-2-5-15(13-29-20-9-8-14-6-3-4-7-17(14)26-20)25-21(28)18-10-16(12-23-18)24-19(27)11-22/h3-4,6-9,15-16,18,23H,2,5,10-13,22H2,1H3,(H,24,27)(H,25,28)/t15-,16-,18+/m1/s1. The third kappa shape index (κ3) is 5.88. The fourth-order valence-corrected chi connectivity index (χ4v) is 3.49. The molecule has 8 heteroatoms. The second-order valence-corrected chi connectivity index (χ2v) is 7.31. The molecular formula is C21H29N5O3. The normalized spacial score (nSPS) is 19.7. The first-order valence-electron chi connectivity index (χ1n) is 10.1. The monoisotopic (exact) mass is 399 g/mol. The summed E-state index contributed by atoms with van der Waals surface area (Å²) in [5.74, 6) is 0.253. The van der Waals surface area contributed by atoms with Crippen LogP contribution >= 0.6 is 0 Å². The average molecular weight is 399 g/mol. The fourth-order valence-electron chi connectivity index (χ4n) is 3.49. The molecule has 1 aliphatic heterocycles. The van der Waals surface area contributed by atoms with E-state index in [4.69, 9.17) is 10.5 Å². The molecule has 1 saturated heterocycles. The average Bonchev–Trinajstić information content (AvgIpc) is 3.20. The van der Waals surface area contributed by atoms with Crippen LogP contribution in [0.15, 0.2) is 36.4 Å². The minimum Gasteiger partial charge on any atom is -0.475 e. The number of ether oxygens (including phenoxy) is 1. The number of carbonyl (C=O) groups is 2. The lowest BCUT2D eigenvalue weighted by Gasteiger charge is -2.21. The van der Waals surface area contributed by atoms with Crippen LogP contribution < -0.4 is 26.4 Å². The third-order valence-corrected chi connectivity index (χ3v) is 4.99. The predicted octanol–water partition coefficient (Wildman–Crippen LogP) is 0.704. The lowest BCUT2D eigenvalue weighted by Crippen LogP contribution is -2.47. The van der Waals surface area contributed by atoms with Crippen molar-refractivity contribution in [1.82, 2.24) is 20.9 Å². The molecule has 1 fully saturated rings. The van der Waals surface area contributed by atoms with Gasteiger partial charge in [0.2, 0.25) is 17.7 Å². The quantitative estimate of drug-likeness (QED) is 0.493. The summed E-state index contributed by atoms with van der Waals surface area (Å²) in [6.07, 6.45) is 2.27. The van der Waals surface area contributed by atoms with E-state index in [-0.39, 0.29) is 36.5 Å². The number of benzene rings is 1. The van der Waals surface area contributed by atoms with Crippen molar-refractivity contribution >= 4 is 22.7 Å². The van der Waals surface area contributed by atoms with E-state index in [1.807, 2.05) is 36.4 Å². The number of para-hydroxylation sites is 1. The van der Waals surface area contributed by atoms with Crippen LogP contribution in [0.25, 0.3) is 10.9 Å². The maximum atomic E-state index is 12.6. The van der Waals surface area contributed by atoms with E-state index in [1.54, 1.807) is 0 Å². The SMILES string of the molecule is CCC[C@H](COc1ccc2ccccc2n1)NC(=O)[C@@H]1C[C@@H](NC(=O)CN)CN1. The van der Waals surface area contributed by atoms with Gasteiger partial charge in [0.25, 0.3) is 0 Å². The number of amides is 2. The second kappa shape index (κ2) is 10.2. The van der Waals surface area contributed by atoms with E-state index in [1.165, 1.54) is 0 Å². The molecule has 0 radical (unpaired) electrons. The molecule has 0 bridgehead atoms. The number of hydrogen-bond donors (Lipinski definition) is 4. The number of carbonyl (C=O) groups excluding carboxylic acids is 2. The Morgan fingerprint density at radius 1 is 1.31 bits per heavy atom. The number of nitrogens with zero attached hydrogens (tertiary/aromatic N) is 1. The molecule has 8 nitrogen and oxygen atoms in total. The Balaban J connectivity index is 1.52. The summed E-state index contributed by atoms with van der Waals surface area (Å²) in [5, 5.41) is 10.1. The fraction of sp³-hybridized carbons (Fsp3) is 0.476. The lowest BCUT2D eigenvalue weighted by atomic mass is 10.1. The Kier molecular flexibility index (Phi) is 7.37. The van der Waals surface area contributed by atoms with Gasteiger partial charge in [-0.15, -0.1) is 0 Å². The molecule has 2 amide bonds. The van der Waals surface area contributed by atoms with Gasteiger partial charge in [0.05, 0.1) is 24.1 Å². The van der Waals surface area contributed by atoms with Crippen molar-refractivity contribution in [1.29, 1.82) is 0 Å². The molecule has 0 saturated carbocycles. The van der Waals surface area contributed by atoms with E-state index in [0.29, 0.717) is 25.5 Å². The van der Waals surface area contributed by atoms with Crippen molar-refractivity contribution in [3.8, 4) is 5.88 Å². The van der Waals surface area contributed by atoms with Gasteiger partial charge in [-0.2, -0.15) is 0 Å². The highest BCUT2D eigenvalue weighted by Gasteiger charge is 2.31. The molecule has 2 aromatic rings. The number of hydrogen-bond acceptors (Lipinski definition) is 6. The zero-order chi connectivity index (χ0) is 20.6. The Hall–Kier alpha value is -2.71. The first-order chi connectivity index (χ1) is 14.1. The van der Waals surface area contributed by atoms with Gasteiger partial charge in [0, 0.05) is 24.0 Å². The molecule has 5 N–H and O–H groups in total. The predicted molar refractivity (Wildman–Crippen MR) is 111 cm³/mol. The summed E-state index contributed by atoms with van der Waals surface area (Å²) in [5.41, 5.74) is 6.20. The van der Waals surface area contributed by atoms with Crippen LogP contribution in [-0.4, -0.2) is 54.6 Å². The van der Waals surface area contributed by atoms with E-state index >= 15 is 0 Å². The Morgan fingerprint density at radius 3 is 2.93 bits per heavy atom. The van der Waals surface area contributed by atoms with Crippen molar-refractivity contribution in [2.75, 3.05) is 19.7 Å². The zero-order valence-electron chi connectivity index (χ0n) is 16.7. The zero-order valence-corrected chi connectivity index (χ0v) is 16.7. The van der Waals surface area contributed by atoms with Crippen LogP contribution in [0.1, 0.15) is 26.2 Å². The highest BCUT2D eigenvalue weighted by atomic mass is 16.5. The van der Waals surface area contributed by atoms with Crippen molar-refractivity contribution in [2.24, 2.45) is 5.73 Å². The summed E-state index contributed by atoms with van der Waals surface area (Å²) in [7, 11) is 0. The summed E-state index contributed by atoms with van der Waals surface area (Å²) in [4.78, 5) is 28.6. The van der Waals surface area contributed by atoms with E-state index in [9.17, 15) is 9.59 Å². The highest BCUT2D eigenvalue weighted by Crippen LogP contribution is 2.16. The van der Waals surface area contributed by atoms with Crippen molar-refractivity contribution < 1.29 is 14.3 Å². The minimum atomic E-state index is -0.337. The maximum absolute atomic E-state index is 12.6. The number of aromatic nitrogens is 1. The second-order valence-electron chi connectivity index (χ2n) is 7.31. The van der Waals surface area contributed by atoms with Gasteiger partial charge in [0.15, 0.2) is 0 Å². The van der Waals surface area contributed by atoms with Gasteiger partial charge < -0.3 is 26.4 Å². The van der Waals surface area contributed by atoms with E-state index in [0.717, 1.165) is 23.7 Å². The van der Waals surface area contributed by atoms with Crippen LogP contribution in [-0.2, 0) is 9.59 Å². The van der Waals surface area contributed by atoms with Gasteiger partial charge in [0.1, 0.15) is 6.61 Å². The summed E-state index contributed by atoms with van der Waals surface area (Å²) in [6, 6.07) is 11.2. The van der Waals surface area contributed by atoms with E-state index < -0.39 is 0 Å². The van der Waals surface area contributed by atoms with Crippen LogP contribution in [0.4, 0.5) is 0 Å². The molecule has 2 heterocycles. The summed E-state index contributed by atoms with van der Waals surface area (Å²) < 4.78 is 5.86. The lowest BCUT2D eigenvalue weighted by molar-refractivity contribution is -0.124. The van der Waals surface area contributed by atoms with Gasteiger partial charge >= 0.3 is 0 Å². The smallest absolute Gasteiger partial charge is 0.237 e. The van der Waals surface area contributed by atoms with Crippen molar-refractivity contribution in [3.05, 3.63) is 36.4 Å². The van der Waals surface area contributed by atoms with Crippen molar-refractivity contribution in [2.45, 2.75) is 44.3 Å². The Morgan fingerprint density at radius 2 is 2.14 bits per heavy atom. The topological polar surface area (TPSA) is 118 Å². The number of nitrogens with one attached hydrogen (secondary N) is 3. The summed E-state index contributed by atoms with van der Waals surface area (Å²) >= 11 is 0. The van der Waals surface area contributed by atoms with Gasteiger partial charge in [-0.05, 0) is 25.0 Å². The molecular weight excluding hydrogens is 370 g/mol. The largest absolute Gasteiger partial charge is 0.475 e. The highest BCUT2D eigenvalue weighted by molar-refractivity contribution is 5.83. The summed E-state index contributed by atoms with van der Waals surface area (Å²) in [6.45, 7) is 2.93. The number of pyridine rings is 1. The number of nitrogens with two attached hydrogens (primary N) is 1. The molecule has 0 spiro atoms. The molecule has 1 aromatic carbocycles. The molecule has 0 aliphatic carbocycles. The third-order valence-electron chi connectivity index (χ3n) is 4.99. The molecule has 3 atom stereocenters. The molecule has 3 rings (SSSR count). The van der Waals surface area contributed by atoms with Gasteiger partial charge in [-0.1, -0.05) is 31.5 Å². The molecule has 156 valence electrons. The Labute approximate surface area is 170 Å². The van der Waals surface area contributed by atoms with Gasteiger partial charge in [-0.25, -0.2) is 4.98 Å². The molecule has 0 unspecified atom stereocenters. The van der Waals surface area contributed by atoms with Crippen LogP contribution in [0, 0.1) is 0 Å². The number of rotatable bonds is 9. The molecule has 1 aliphatic rings. The first-order valence-corrected chi connectivity index (χ1v) is 10.1. The maximum Gasteiger partial charge on any atom is 0.237 e. The number of fused-ring (bicyclic) bond motifs is 1. The van der Waals surface area contributed by atoms with E-state index in [2.05, 4.69) is 27.9 Å². The van der Waals surface area contributed by atoms with Crippen LogP contribution in [0.2, 0.25) is 0 Å². The molecule has 29 heavy (non-hydrogen) atoms. The first kappa shape index (κ1) is 21.0.